The van der Waals surface area contributed by atoms with Crippen molar-refractivity contribution in [3.05, 3.63) is 64.8 Å². The smallest absolute Gasteiger partial charge is 0.497 e. The number of hydrogen-bond donors (Lipinski definition) is 0. The Balaban J connectivity index is 1.78. The van der Waals surface area contributed by atoms with E-state index in [0.717, 1.165) is 0 Å². The summed E-state index contributed by atoms with van der Waals surface area (Å²) in [5.41, 5.74) is 1.95. The van der Waals surface area contributed by atoms with Crippen molar-refractivity contribution < 1.29 is 28.6 Å². The molecule has 0 aliphatic carbocycles. The molecule has 1 aliphatic rings. The Morgan fingerprint density at radius 1 is 1.03 bits per heavy atom. The molecule has 33 heavy (non-hydrogen) atoms. The van der Waals surface area contributed by atoms with Gasteiger partial charge in [-0.15, -0.1) is 0 Å². The standard InChI is InChI=1S/C21H19BN4O7/c1-24-12-19(27)32-22(33-20(28)13-24)21-18(14-3-9-17(31-2)10-4-14)11-25(23-21)15-5-7-16(8-6-15)26(29)30/h3-11H,12-13H2,1-2H3. The minimum absolute atomic E-state index is 0.0616. The first-order valence-corrected chi connectivity index (χ1v) is 9.90. The van der Waals surface area contributed by atoms with E-state index in [2.05, 4.69) is 5.10 Å². The molecule has 168 valence electrons. The summed E-state index contributed by atoms with van der Waals surface area (Å²) in [5, 5.41) is 15.5. The zero-order valence-corrected chi connectivity index (χ0v) is 17.8. The van der Waals surface area contributed by atoms with Gasteiger partial charge in [0, 0.05) is 23.9 Å². The number of rotatable bonds is 5. The van der Waals surface area contributed by atoms with Crippen LogP contribution < -0.4 is 10.3 Å². The van der Waals surface area contributed by atoms with E-state index < -0.39 is 24.0 Å². The number of carbonyl (C=O) groups is 2. The van der Waals surface area contributed by atoms with E-state index in [1.165, 1.54) is 33.8 Å². The zero-order chi connectivity index (χ0) is 23.5. The van der Waals surface area contributed by atoms with Gasteiger partial charge in [-0.05, 0) is 36.9 Å². The Labute approximate surface area is 188 Å². The van der Waals surface area contributed by atoms with Gasteiger partial charge in [0.15, 0.2) is 0 Å². The monoisotopic (exact) mass is 450 g/mol. The number of carbonyl (C=O) groups excluding carboxylic acids is 2. The topological polar surface area (TPSA) is 126 Å². The molecule has 12 heteroatoms. The Bertz CT molecular complexity index is 1170. The van der Waals surface area contributed by atoms with Gasteiger partial charge in [0.25, 0.3) is 5.69 Å². The van der Waals surface area contributed by atoms with Crippen molar-refractivity contribution in [3.8, 4) is 22.6 Å². The van der Waals surface area contributed by atoms with Gasteiger partial charge in [-0.25, -0.2) is 4.68 Å². The molecule has 2 heterocycles. The summed E-state index contributed by atoms with van der Waals surface area (Å²) in [7, 11) is 1.81. The van der Waals surface area contributed by atoms with Gasteiger partial charge >= 0.3 is 19.1 Å². The first-order valence-electron chi connectivity index (χ1n) is 9.90. The summed E-state index contributed by atoms with van der Waals surface area (Å²) in [4.78, 5) is 36.5. The molecule has 2 aromatic carbocycles. The van der Waals surface area contributed by atoms with Gasteiger partial charge in [0.2, 0.25) is 0 Å². The molecule has 0 N–H and O–H groups in total. The molecule has 1 aromatic heterocycles. The van der Waals surface area contributed by atoms with Gasteiger partial charge in [-0.2, -0.15) is 5.10 Å². The molecule has 0 unspecified atom stereocenters. The Morgan fingerprint density at radius 3 is 2.18 bits per heavy atom. The number of benzene rings is 2. The number of nitro benzene ring substituents is 1. The third-order valence-electron chi connectivity index (χ3n) is 4.97. The maximum atomic E-state index is 12.3. The largest absolute Gasteiger partial charge is 0.658 e. The van der Waals surface area contributed by atoms with Crippen LogP contribution in [0.25, 0.3) is 16.8 Å². The fourth-order valence-electron chi connectivity index (χ4n) is 3.36. The van der Waals surface area contributed by atoms with Gasteiger partial charge in [-0.1, -0.05) is 12.1 Å². The van der Waals surface area contributed by atoms with Crippen molar-refractivity contribution in [2.45, 2.75) is 0 Å². The fraction of sp³-hybridized carbons (Fsp3) is 0.190. The molecule has 1 saturated heterocycles. The van der Waals surface area contributed by atoms with E-state index in [1.807, 2.05) is 0 Å². The van der Waals surface area contributed by atoms with E-state index in [0.29, 0.717) is 22.6 Å². The SMILES string of the molecule is COc1ccc(-c2cn(-c3ccc([N+](=O)[O-])cc3)nc2B2OC(=O)CN(C)CC(=O)O2)cc1. The summed E-state index contributed by atoms with van der Waals surface area (Å²) in [6.07, 6.45) is 1.67. The second kappa shape index (κ2) is 9.13. The highest BCUT2D eigenvalue weighted by atomic mass is 16.6. The van der Waals surface area contributed by atoms with Crippen molar-refractivity contribution in [2.24, 2.45) is 0 Å². The number of nitro groups is 1. The van der Waals surface area contributed by atoms with E-state index >= 15 is 0 Å². The summed E-state index contributed by atoms with van der Waals surface area (Å²) in [6.45, 7) is -0.154. The molecular weight excluding hydrogens is 431 g/mol. The number of methoxy groups -OCH3 is 1. The number of nitrogens with zero attached hydrogens (tertiary/aromatic N) is 4. The summed E-state index contributed by atoms with van der Waals surface area (Å²) < 4.78 is 17.5. The molecule has 3 aromatic rings. The van der Waals surface area contributed by atoms with E-state index in [4.69, 9.17) is 14.0 Å². The maximum absolute atomic E-state index is 12.3. The highest BCUT2D eigenvalue weighted by molar-refractivity contribution is 6.65. The summed E-state index contributed by atoms with van der Waals surface area (Å²) >= 11 is 0. The van der Waals surface area contributed by atoms with Gasteiger partial charge in [0.1, 0.15) is 11.3 Å². The number of ether oxygens (including phenoxy) is 1. The highest BCUT2D eigenvalue weighted by Crippen LogP contribution is 2.24. The fourth-order valence-corrected chi connectivity index (χ4v) is 3.36. The number of hydrogen-bond acceptors (Lipinski definition) is 9. The molecule has 0 radical (unpaired) electrons. The van der Waals surface area contributed by atoms with Crippen LogP contribution in [-0.4, -0.2) is 65.9 Å². The lowest BCUT2D eigenvalue weighted by atomic mass is 9.79. The molecule has 4 rings (SSSR count). The van der Waals surface area contributed by atoms with Crippen LogP contribution in [0.2, 0.25) is 0 Å². The van der Waals surface area contributed by atoms with Gasteiger partial charge < -0.3 is 14.0 Å². The maximum Gasteiger partial charge on any atom is 0.658 e. The Morgan fingerprint density at radius 2 is 1.64 bits per heavy atom. The molecule has 0 bridgehead atoms. The molecule has 1 fully saturated rings. The Hall–Kier alpha value is -4.19. The predicted molar refractivity (Wildman–Crippen MR) is 117 cm³/mol. The van der Waals surface area contributed by atoms with Gasteiger partial charge in [-0.3, -0.25) is 24.6 Å². The number of likely N-dealkylation sites (N-methyl/N-ethyl adjacent to an activating group) is 1. The minimum atomic E-state index is -1.35. The number of aromatic nitrogens is 2. The van der Waals surface area contributed by atoms with Crippen LogP contribution in [0.5, 0.6) is 5.75 Å². The van der Waals surface area contributed by atoms with E-state index in [1.54, 1.807) is 44.6 Å². The van der Waals surface area contributed by atoms with Crippen LogP contribution in [0.15, 0.2) is 54.7 Å². The van der Waals surface area contributed by atoms with E-state index in [-0.39, 0.29) is 24.4 Å². The minimum Gasteiger partial charge on any atom is -0.497 e. The average molecular weight is 450 g/mol. The normalized spacial score (nSPS) is 14.8. The van der Waals surface area contributed by atoms with Crippen molar-refractivity contribution in [2.75, 3.05) is 27.2 Å². The lowest BCUT2D eigenvalue weighted by Crippen LogP contribution is -2.49. The molecular formula is C21H19BN4O7. The van der Waals surface area contributed by atoms with Crippen molar-refractivity contribution in [1.29, 1.82) is 0 Å². The number of non-ortho nitro benzene ring substituents is 1. The molecule has 1 aliphatic heterocycles. The third kappa shape index (κ3) is 4.85. The van der Waals surface area contributed by atoms with Crippen molar-refractivity contribution in [1.82, 2.24) is 14.7 Å². The third-order valence-corrected chi connectivity index (χ3v) is 4.97. The predicted octanol–water partition coefficient (Wildman–Crippen LogP) is 1.18. The summed E-state index contributed by atoms with van der Waals surface area (Å²) in [6, 6.07) is 12.9. The molecule has 0 saturated carbocycles. The highest BCUT2D eigenvalue weighted by Gasteiger charge is 2.38. The first-order chi connectivity index (χ1) is 15.8. The van der Waals surface area contributed by atoms with E-state index in [9.17, 15) is 19.7 Å². The average Bonchev–Trinajstić information content (AvgIpc) is 3.23. The Kier molecular flexibility index (Phi) is 6.09. The molecule has 0 atom stereocenters. The lowest BCUT2D eigenvalue weighted by Gasteiger charge is -2.22. The molecule has 0 spiro atoms. The van der Waals surface area contributed by atoms with Crippen LogP contribution in [0.4, 0.5) is 5.69 Å². The quantitative estimate of drug-likeness (QED) is 0.320. The van der Waals surface area contributed by atoms with Crippen LogP contribution >= 0.6 is 0 Å². The van der Waals surface area contributed by atoms with Crippen molar-refractivity contribution >= 4 is 30.3 Å². The molecule has 0 amide bonds. The lowest BCUT2D eigenvalue weighted by molar-refractivity contribution is -0.384. The second-order valence-corrected chi connectivity index (χ2v) is 7.36. The first kappa shape index (κ1) is 22.0. The van der Waals surface area contributed by atoms with Crippen LogP contribution in [0, 0.1) is 10.1 Å². The summed E-state index contributed by atoms with van der Waals surface area (Å²) in [5.74, 6) is -0.490. The van der Waals surface area contributed by atoms with Crippen LogP contribution in [-0.2, 0) is 18.9 Å². The zero-order valence-electron chi connectivity index (χ0n) is 17.8. The van der Waals surface area contributed by atoms with Crippen molar-refractivity contribution in [3.63, 3.8) is 0 Å². The molecule has 11 nitrogen and oxygen atoms in total. The van der Waals surface area contributed by atoms with Gasteiger partial charge in [0.05, 0.1) is 30.8 Å². The van der Waals surface area contributed by atoms with Crippen LogP contribution in [0.1, 0.15) is 0 Å². The van der Waals surface area contributed by atoms with Crippen LogP contribution in [0.3, 0.4) is 0 Å². The second-order valence-electron chi connectivity index (χ2n) is 7.36.